The van der Waals surface area contributed by atoms with Gasteiger partial charge in [0.15, 0.2) is 10.3 Å². The van der Waals surface area contributed by atoms with E-state index in [0.29, 0.717) is 16.4 Å². The predicted octanol–water partition coefficient (Wildman–Crippen LogP) is 4.31. The summed E-state index contributed by atoms with van der Waals surface area (Å²) in [7, 11) is 0. The van der Waals surface area contributed by atoms with Crippen LogP contribution in [0.3, 0.4) is 0 Å². The van der Waals surface area contributed by atoms with Gasteiger partial charge in [0.05, 0.1) is 5.69 Å². The Morgan fingerprint density at radius 2 is 2.00 bits per heavy atom. The van der Waals surface area contributed by atoms with Gasteiger partial charge >= 0.3 is 0 Å². The van der Waals surface area contributed by atoms with Crippen molar-refractivity contribution in [2.75, 3.05) is 5.75 Å². The highest BCUT2D eigenvalue weighted by molar-refractivity contribution is 7.99. The smallest absolute Gasteiger partial charge is 0.189 e. The first-order valence-electron chi connectivity index (χ1n) is 6.02. The van der Waals surface area contributed by atoms with E-state index in [1.165, 1.54) is 23.9 Å². The van der Waals surface area contributed by atoms with E-state index in [-0.39, 0.29) is 16.5 Å². The standard InChI is InChI=1S/C14H11ClFN3S/c1-2-7-20-14-18-12(11(8-17)13(15)19-14)9-3-5-10(16)6-4-9/h3-6H,2,7H2,1H3. The zero-order valence-corrected chi connectivity index (χ0v) is 12.3. The molecule has 0 aliphatic heterocycles. The lowest BCUT2D eigenvalue weighted by Crippen LogP contribution is -1.97. The van der Waals surface area contributed by atoms with Crippen LogP contribution in [0.4, 0.5) is 4.39 Å². The fourth-order valence-electron chi connectivity index (χ4n) is 1.59. The minimum Gasteiger partial charge on any atom is -0.221 e. The van der Waals surface area contributed by atoms with E-state index in [0.717, 1.165) is 12.2 Å². The van der Waals surface area contributed by atoms with E-state index >= 15 is 0 Å². The summed E-state index contributed by atoms with van der Waals surface area (Å²) in [5.41, 5.74) is 1.29. The molecule has 0 saturated heterocycles. The molecule has 0 radical (unpaired) electrons. The minimum absolute atomic E-state index is 0.125. The Kier molecular flexibility index (Phi) is 4.94. The van der Waals surface area contributed by atoms with Crippen LogP contribution in [0.1, 0.15) is 18.9 Å². The molecule has 0 atom stereocenters. The minimum atomic E-state index is -0.340. The van der Waals surface area contributed by atoms with E-state index < -0.39 is 0 Å². The molecule has 0 saturated carbocycles. The molecule has 3 nitrogen and oxygen atoms in total. The maximum atomic E-state index is 13.0. The van der Waals surface area contributed by atoms with Gasteiger partial charge in [-0.2, -0.15) is 5.26 Å². The van der Waals surface area contributed by atoms with Gasteiger partial charge in [0.2, 0.25) is 0 Å². The van der Waals surface area contributed by atoms with Crippen LogP contribution in [-0.4, -0.2) is 15.7 Å². The van der Waals surface area contributed by atoms with Gasteiger partial charge in [0.1, 0.15) is 17.4 Å². The first kappa shape index (κ1) is 14.8. The van der Waals surface area contributed by atoms with Gasteiger partial charge in [0.25, 0.3) is 0 Å². The third-order valence-electron chi connectivity index (χ3n) is 2.51. The van der Waals surface area contributed by atoms with Crippen molar-refractivity contribution >= 4 is 23.4 Å². The van der Waals surface area contributed by atoms with Crippen molar-refractivity contribution in [3.63, 3.8) is 0 Å². The lowest BCUT2D eigenvalue weighted by molar-refractivity contribution is 0.628. The molecule has 102 valence electrons. The Morgan fingerprint density at radius 3 is 2.60 bits per heavy atom. The van der Waals surface area contributed by atoms with Crippen LogP contribution in [0, 0.1) is 17.1 Å². The van der Waals surface area contributed by atoms with E-state index in [1.54, 1.807) is 12.1 Å². The number of halogens is 2. The largest absolute Gasteiger partial charge is 0.221 e. The van der Waals surface area contributed by atoms with Crippen LogP contribution in [0.15, 0.2) is 29.4 Å². The van der Waals surface area contributed by atoms with Crippen molar-refractivity contribution < 1.29 is 4.39 Å². The second-order valence-corrected chi connectivity index (χ2v) is 5.41. The van der Waals surface area contributed by atoms with E-state index in [9.17, 15) is 9.65 Å². The van der Waals surface area contributed by atoms with Crippen LogP contribution in [0.5, 0.6) is 0 Å². The number of rotatable bonds is 4. The second kappa shape index (κ2) is 6.69. The van der Waals surface area contributed by atoms with Gasteiger partial charge in [0, 0.05) is 11.3 Å². The fourth-order valence-corrected chi connectivity index (χ4v) is 2.55. The number of thioether (sulfide) groups is 1. The SMILES string of the molecule is CCCSc1nc(Cl)c(C#N)c(-c2ccc(F)cc2)n1. The van der Waals surface area contributed by atoms with Crippen LogP contribution in [-0.2, 0) is 0 Å². The molecule has 0 amide bonds. The lowest BCUT2D eigenvalue weighted by Gasteiger charge is -2.07. The molecule has 1 aromatic carbocycles. The summed E-state index contributed by atoms with van der Waals surface area (Å²) in [5.74, 6) is 0.526. The van der Waals surface area contributed by atoms with Crippen molar-refractivity contribution in [1.82, 2.24) is 9.97 Å². The van der Waals surface area contributed by atoms with E-state index in [1.807, 2.05) is 6.07 Å². The van der Waals surface area contributed by atoms with Crippen molar-refractivity contribution in [1.29, 1.82) is 5.26 Å². The molecule has 0 aliphatic rings. The lowest BCUT2D eigenvalue weighted by atomic mass is 10.1. The van der Waals surface area contributed by atoms with Crippen molar-refractivity contribution in [2.45, 2.75) is 18.5 Å². The quantitative estimate of drug-likeness (QED) is 0.480. The highest BCUT2D eigenvalue weighted by Crippen LogP contribution is 2.28. The number of nitriles is 1. The van der Waals surface area contributed by atoms with E-state index in [2.05, 4.69) is 16.9 Å². The third kappa shape index (κ3) is 3.27. The van der Waals surface area contributed by atoms with Gasteiger partial charge in [-0.05, 0) is 30.7 Å². The molecule has 6 heteroatoms. The first-order chi connectivity index (χ1) is 9.65. The maximum absolute atomic E-state index is 13.0. The van der Waals surface area contributed by atoms with Gasteiger partial charge in [-0.1, -0.05) is 30.3 Å². The third-order valence-corrected chi connectivity index (χ3v) is 3.84. The second-order valence-electron chi connectivity index (χ2n) is 3.99. The van der Waals surface area contributed by atoms with Crippen molar-refractivity contribution in [2.24, 2.45) is 0 Å². The Balaban J connectivity index is 2.51. The molecule has 2 aromatic rings. The van der Waals surface area contributed by atoms with Crippen LogP contribution >= 0.6 is 23.4 Å². The van der Waals surface area contributed by atoms with Gasteiger partial charge in [-0.25, -0.2) is 14.4 Å². The normalized spacial score (nSPS) is 10.3. The zero-order valence-electron chi connectivity index (χ0n) is 10.7. The summed E-state index contributed by atoms with van der Waals surface area (Å²) in [4.78, 5) is 8.47. The molecule has 2 rings (SSSR count). The summed E-state index contributed by atoms with van der Waals surface area (Å²) in [6.45, 7) is 2.05. The van der Waals surface area contributed by atoms with Gasteiger partial charge in [-0.3, -0.25) is 0 Å². The molecule has 1 aromatic heterocycles. The number of nitrogens with zero attached hydrogens (tertiary/aromatic N) is 3. The van der Waals surface area contributed by atoms with E-state index in [4.69, 9.17) is 11.6 Å². The summed E-state index contributed by atoms with van der Waals surface area (Å²) < 4.78 is 13.0. The number of hydrogen-bond donors (Lipinski definition) is 0. The Bertz CT molecular complexity index is 653. The van der Waals surface area contributed by atoms with Crippen molar-refractivity contribution in [3.8, 4) is 17.3 Å². The monoisotopic (exact) mass is 307 g/mol. The molecule has 20 heavy (non-hydrogen) atoms. The van der Waals surface area contributed by atoms with Crippen molar-refractivity contribution in [3.05, 3.63) is 40.8 Å². The van der Waals surface area contributed by atoms with Crippen LogP contribution < -0.4 is 0 Å². The molecular weight excluding hydrogens is 297 g/mol. The Hall–Kier alpha value is -1.64. The topological polar surface area (TPSA) is 49.6 Å². The summed E-state index contributed by atoms with van der Waals surface area (Å²) >= 11 is 7.51. The predicted molar refractivity (Wildman–Crippen MR) is 78.2 cm³/mol. The summed E-state index contributed by atoms with van der Waals surface area (Å²) in [6.07, 6.45) is 0.984. The summed E-state index contributed by atoms with van der Waals surface area (Å²) in [6, 6.07) is 7.79. The number of hydrogen-bond acceptors (Lipinski definition) is 4. The van der Waals surface area contributed by atoms with Gasteiger partial charge in [-0.15, -0.1) is 0 Å². The number of benzene rings is 1. The highest BCUT2D eigenvalue weighted by atomic mass is 35.5. The van der Waals surface area contributed by atoms with Crippen LogP contribution in [0.2, 0.25) is 5.15 Å². The molecule has 0 N–H and O–H groups in total. The fraction of sp³-hybridized carbons (Fsp3) is 0.214. The average molecular weight is 308 g/mol. The molecule has 0 unspecified atom stereocenters. The molecule has 0 spiro atoms. The zero-order chi connectivity index (χ0) is 14.5. The maximum Gasteiger partial charge on any atom is 0.189 e. The Morgan fingerprint density at radius 1 is 1.30 bits per heavy atom. The first-order valence-corrected chi connectivity index (χ1v) is 7.38. The molecule has 0 aliphatic carbocycles. The molecular formula is C14H11ClFN3S. The van der Waals surface area contributed by atoms with Gasteiger partial charge < -0.3 is 0 Å². The summed E-state index contributed by atoms with van der Waals surface area (Å²) in [5, 5.41) is 9.84. The Labute approximate surface area is 125 Å². The molecule has 0 bridgehead atoms. The average Bonchev–Trinajstić information content (AvgIpc) is 2.45. The van der Waals surface area contributed by atoms with Crippen LogP contribution in [0.25, 0.3) is 11.3 Å². The number of aromatic nitrogens is 2. The molecule has 1 heterocycles. The highest BCUT2D eigenvalue weighted by Gasteiger charge is 2.14. The molecule has 0 fully saturated rings.